The van der Waals surface area contributed by atoms with Gasteiger partial charge < -0.3 is 4.74 Å². The van der Waals surface area contributed by atoms with Gasteiger partial charge in [-0.15, -0.1) is 0 Å². The van der Waals surface area contributed by atoms with Crippen molar-refractivity contribution < 1.29 is 9.53 Å². The minimum absolute atomic E-state index is 0.320. The monoisotopic (exact) mass is 268 g/mol. The quantitative estimate of drug-likeness (QED) is 0.386. The second-order valence-corrected chi connectivity index (χ2v) is 5.62. The van der Waals surface area contributed by atoms with Crippen LogP contribution in [-0.2, 0) is 9.53 Å². The van der Waals surface area contributed by atoms with Gasteiger partial charge in [0.2, 0.25) is 6.08 Å². The highest BCUT2D eigenvalue weighted by Gasteiger charge is 2.27. The molecule has 0 amide bonds. The van der Waals surface area contributed by atoms with Gasteiger partial charge >= 0.3 is 0 Å². The van der Waals surface area contributed by atoms with Crippen LogP contribution in [-0.4, -0.2) is 48.9 Å². The molecule has 110 valence electrons. The molecule has 1 unspecified atom stereocenters. The van der Waals surface area contributed by atoms with Gasteiger partial charge in [-0.1, -0.05) is 19.8 Å². The SMILES string of the molecule is CCCCC(CCCN=C=O)N1C[C@@H](C)O[C@@H](C)C1. The molecule has 0 radical (unpaired) electrons. The number of hydrogen-bond donors (Lipinski definition) is 0. The molecule has 1 rings (SSSR count). The van der Waals surface area contributed by atoms with Crippen LogP contribution in [0, 0.1) is 0 Å². The van der Waals surface area contributed by atoms with Crippen LogP contribution in [0.25, 0.3) is 0 Å². The molecule has 1 saturated heterocycles. The summed E-state index contributed by atoms with van der Waals surface area (Å²) in [5.41, 5.74) is 0. The van der Waals surface area contributed by atoms with Crippen molar-refractivity contribution in [3.63, 3.8) is 0 Å². The van der Waals surface area contributed by atoms with Gasteiger partial charge in [-0.3, -0.25) is 4.90 Å². The van der Waals surface area contributed by atoms with Crippen molar-refractivity contribution in [2.24, 2.45) is 4.99 Å². The Hall–Kier alpha value is -0.700. The van der Waals surface area contributed by atoms with Crippen LogP contribution in [0.3, 0.4) is 0 Å². The Morgan fingerprint density at radius 2 is 1.89 bits per heavy atom. The Morgan fingerprint density at radius 3 is 2.47 bits per heavy atom. The van der Waals surface area contributed by atoms with Crippen molar-refractivity contribution in [2.45, 2.75) is 71.1 Å². The number of isocyanates is 1. The molecule has 0 aromatic heterocycles. The van der Waals surface area contributed by atoms with Gasteiger partial charge in [0.05, 0.1) is 18.8 Å². The van der Waals surface area contributed by atoms with Crippen LogP contribution in [0.2, 0.25) is 0 Å². The molecule has 0 bridgehead atoms. The summed E-state index contributed by atoms with van der Waals surface area (Å²) in [5.74, 6) is 0. The molecule has 19 heavy (non-hydrogen) atoms. The fourth-order valence-electron chi connectivity index (χ4n) is 2.92. The summed E-state index contributed by atoms with van der Waals surface area (Å²) < 4.78 is 5.80. The normalized spacial score (nSPS) is 25.8. The zero-order valence-corrected chi connectivity index (χ0v) is 12.6. The fraction of sp³-hybridized carbons (Fsp3) is 0.933. The summed E-state index contributed by atoms with van der Waals surface area (Å²) in [4.78, 5) is 16.3. The minimum atomic E-state index is 0.320. The number of nitrogens with zero attached hydrogens (tertiary/aromatic N) is 2. The number of carbonyl (C=O) groups excluding carboxylic acids is 1. The first-order valence-corrected chi connectivity index (χ1v) is 7.60. The van der Waals surface area contributed by atoms with Gasteiger partial charge in [0.25, 0.3) is 0 Å². The molecule has 4 heteroatoms. The Kier molecular flexibility index (Phi) is 7.96. The average molecular weight is 268 g/mol. The van der Waals surface area contributed by atoms with Crippen LogP contribution in [0.1, 0.15) is 52.9 Å². The smallest absolute Gasteiger partial charge is 0.234 e. The second kappa shape index (κ2) is 9.24. The molecule has 4 nitrogen and oxygen atoms in total. The lowest BCUT2D eigenvalue weighted by molar-refractivity contribution is -0.0823. The van der Waals surface area contributed by atoms with Gasteiger partial charge in [0, 0.05) is 19.1 Å². The molecule has 0 aromatic rings. The highest BCUT2D eigenvalue weighted by molar-refractivity contribution is 5.32. The first kappa shape index (κ1) is 16.4. The molecule has 0 aliphatic carbocycles. The van der Waals surface area contributed by atoms with E-state index in [9.17, 15) is 4.79 Å². The molecule has 1 fully saturated rings. The third-order valence-corrected chi connectivity index (χ3v) is 3.73. The second-order valence-electron chi connectivity index (χ2n) is 5.62. The standard InChI is InChI=1S/C15H28N2O2/c1-4-5-7-15(8-6-9-16-12-18)17-10-13(2)19-14(3)11-17/h13-15H,4-11H2,1-3H3/t13-,14+,15?. The zero-order valence-electron chi connectivity index (χ0n) is 12.6. The summed E-state index contributed by atoms with van der Waals surface area (Å²) >= 11 is 0. The number of hydrogen-bond acceptors (Lipinski definition) is 4. The van der Waals surface area contributed by atoms with E-state index in [1.807, 2.05) is 0 Å². The highest BCUT2D eigenvalue weighted by Crippen LogP contribution is 2.20. The Bertz CT molecular complexity index is 280. The molecular weight excluding hydrogens is 240 g/mol. The van der Waals surface area contributed by atoms with Crippen molar-refractivity contribution in [3.05, 3.63) is 0 Å². The number of unbranched alkanes of at least 4 members (excludes halogenated alkanes) is 1. The molecule has 0 aromatic carbocycles. The summed E-state index contributed by atoms with van der Waals surface area (Å²) in [5, 5.41) is 0. The Labute approximate surface area is 117 Å². The van der Waals surface area contributed by atoms with E-state index in [0.29, 0.717) is 24.8 Å². The third kappa shape index (κ3) is 6.33. The van der Waals surface area contributed by atoms with E-state index in [1.54, 1.807) is 6.08 Å². The zero-order chi connectivity index (χ0) is 14.1. The lowest BCUT2D eigenvalue weighted by Gasteiger charge is -2.40. The van der Waals surface area contributed by atoms with Gasteiger partial charge in [-0.25, -0.2) is 9.79 Å². The molecule has 0 N–H and O–H groups in total. The van der Waals surface area contributed by atoms with Crippen molar-refractivity contribution >= 4 is 6.08 Å². The number of rotatable bonds is 8. The molecule has 0 saturated carbocycles. The van der Waals surface area contributed by atoms with Crippen molar-refractivity contribution in [3.8, 4) is 0 Å². The van der Waals surface area contributed by atoms with Gasteiger partial charge in [0.1, 0.15) is 0 Å². The van der Waals surface area contributed by atoms with Crippen LogP contribution in [0.4, 0.5) is 0 Å². The topological polar surface area (TPSA) is 41.9 Å². The van der Waals surface area contributed by atoms with Crippen LogP contribution in [0.5, 0.6) is 0 Å². The predicted octanol–water partition coefficient (Wildman–Crippen LogP) is 2.77. The van der Waals surface area contributed by atoms with Crippen LogP contribution >= 0.6 is 0 Å². The summed E-state index contributed by atoms with van der Waals surface area (Å²) in [6, 6.07) is 0.607. The molecule has 3 atom stereocenters. The van der Waals surface area contributed by atoms with E-state index >= 15 is 0 Å². The van der Waals surface area contributed by atoms with E-state index in [1.165, 1.54) is 19.3 Å². The van der Waals surface area contributed by atoms with Crippen molar-refractivity contribution in [2.75, 3.05) is 19.6 Å². The van der Waals surface area contributed by atoms with Gasteiger partial charge in [0.15, 0.2) is 0 Å². The average Bonchev–Trinajstić information content (AvgIpc) is 2.36. The lowest BCUT2D eigenvalue weighted by atomic mass is 10.0. The highest BCUT2D eigenvalue weighted by atomic mass is 16.5. The Balaban J connectivity index is 2.48. The summed E-state index contributed by atoms with van der Waals surface area (Å²) in [6.07, 6.45) is 8.09. The summed E-state index contributed by atoms with van der Waals surface area (Å²) in [6.45, 7) is 9.19. The maximum Gasteiger partial charge on any atom is 0.234 e. The predicted molar refractivity (Wildman–Crippen MR) is 77.1 cm³/mol. The summed E-state index contributed by atoms with van der Waals surface area (Å²) in [7, 11) is 0. The third-order valence-electron chi connectivity index (χ3n) is 3.73. The van der Waals surface area contributed by atoms with Crippen molar-refractivity contribution in [1.29, 1.82) is 0 Å². The van der Waals surface area contributed by atoms with Gasteiger partial charge in [-0.2, -0.15) is 0 Å². The molecule has 1 aliphatic rings. The first-order valence-electron chi connectivity index (χ1n) is 7.60. The van der Waals surface area contributed by atoms with E-state index < -0.39 is 0 Å². The maximum atomic E-state index is 10.1. The number of aliphatic imine (C=N–C) groups is 1. The molecule has 0 spiro atoms. The fourth-order valence-corrected chi connectivity index (χ4v) is 2.92. The van der Waals surface area contributed by atoms with E-state index in [4.69, 9.17) is 4.74 Å². The lowest BCUT2D eigenvalue weighted by Crippen LogP contribution is -2.50. The maximum absolute atomic E-state index is 10.1. The molecule has 1 aliphatic heterocycles. The first-order chi connectivity index (χ1) is 9.17. The van der Waals surface area contributed by atoms with E-state index in [-0.39, 0.29) is 0 Å². The number of ether oxygens (including phenoxy) is 1. The largest absolute Gasteiger partial charge is 0.373 e. The van der Waals surface area contributed by atoms with E-state index in [0.717, 1.165) is 25.9 Å². The van der Waals surface area contributed by atoms with E-state index in [2.05, 4.69) is 30.7 Å². The van der Waals surface area contributed by atoms with Crippen LogP contribution < -0.4 is 0 Å². The van der Waals surface area contributed by atoms with Gasteiger partial charge in [-0.05, 0) is 33.1 Å². The van der Waals surface area contributed by atoms with Crippen molar-refractivity contribution in [1.82, 2.24) is 4.90 Å². The minimum Gasteiger partial charge on any atom is -0.373 e. The Morgan fingerprint density at radius 1 is 1.26 bits per heavy atom. The molecule has 1 heterocycles. The van der Waals surface area contributed by atoms with Crippen LogP contribution in [0.15, 0.2) is 4.99 Å². The number of morpholine rings is 1. The molecular formula is C15H28N2O2.